The summed E-state index contributed by atoms with van der Waals surface area (Å²) >= 11 is 0. The Morgan fingerprint density at radius 1 is 0.485 bits per heavy atom. The van der Waals surface area contributed by atoms with E-state index in [1.807, 2.05) is 12.3 Å². The summed E-state index contributed by atoms with van der Waals surface area (Å²) in [5.41, 5.74) is 17.8. The first-order valence-electron chi connectivity index (χ1n) is 23.1. The number of pyridine rings is 1. The number of rotatable bonds is 6. The van der Waals surface area contributed by atoms with Gasteiger partial charge in [-0.2, -0.15) is 0 Å². The first-order valence-corrected chi connectivity index (χ1v) is 23.1. The summed E-state index contributed by atoms with van der Waals surface area (Å²) in [5.74, 6) is 0. The Labute approximate surface area is 397 Å². The molecule has 6 heteroatoms. The molecule has 12 rings (SSSR count). The van der Waals surface area contributed by atoms with Crippen molar-refractivity contribution in [1.82, 2.24) is 10.3 Å². The highest BCUT2D eigenvalue weighted by atomic mass is 15.3. The Hall–Kier alpha value is -8.87. The highest BCUT2D eigenvalue weighted by molar-refractivity contribution is 6.06. The quantitative estimate of drug-likeness (QED) is 0.179. The normalized spacial score (nSPS) is 14.4. The number of para-hydroxylation sites is 8. The largest absolute Gasteiger partial charge is 0.373 e. The molecule has 0 spiro atoms. The van der Waals surface area contributed by atoms with Crippen LogP contribution >= 0.6 is 0 Å². The average Bonchev–Trinajstić information content (AvgIpc) is 3.38. The molecule has 1 atom stereocenters. The van der Waals surface area contributed by atoms with Gasteiger partial charge in [0.25, 0.3) is 0 Å². The van der Waals surface area contributed by atoms with Gasteiger partial charge in [-0.1, -0.05) is 141 Å². The maximum Gasteiger partial charge on any atom is 0.0940 e. The third-order valence-electron chi connectivity index (χ3n) is 13.7. The van der Waals surface area contributed by atoms with E-state index in [2.05, 4.69) is 252 Å². The minimum absolute atomic E-state index is 0.281. The van der Waals surface area contributed by atoms with Crippen LogP contribution in [-0.4, -0.2) is 19.1 Å². The molecule has 8 aromatic carbocycles. The fraction of sp³-hybridized carbons (Fsp3) is 0.0484. The second-order valence-electron chi connectivity index (χ2n) is 17.6. The van der Waals surface area contributed by atoms with Crippen LogP contribution in [0.2, 0.25) is 0 Å². The van der Waals surface area contributed by atoms with Gasteiger partial charge in [-0.15, -0.1) is 0 Å². The van der Waals surface area contributed by atoms with Gasteiger partial charge in [0, 0.05) is 42.9 Å². The lowest BCUT2D eigenvalue weighted by molar-refractivity contribution is 0.715. The van der Waals surface area contributed by atoms with Crippen molar-refractivity contribution < 1.29 is 0 Å². The number of fused-ring (bicyclic) bond motifs is 7. The molecule has 1 aliphatic carbocycles. The number of hydrogen-bond donors (Lipinski definition) is 1. The molecule has 68 heavy (non-hydrogen) atoms. The van der Waals surface area contributed by atoms with E-state index >= 15 is 0 Å². The molecule has 0 bridgehead atoms. The number of nitrogens with one attached hydrogen (secondary N) is 1. The maximum atomic E-state index is 4.87. The van der Waals surface area contributed by atoms with Crippen molar-refractivity contribution >= 4 is 90.2 Å². The highest BCUT2D eigenvalue weighted by Gasteiger charge is 2.29. The monoisotopic (exact) mass is 876 g/mol. The third kappa shape index (κ3) is 6.76. The fourth-order valence-corrected chi connectivity index (χ4v) is 10.3. The lowest BCUT2D eigenvalue weighted by Crippen LogP contribution is -2.24. The van der Waals surface area contributed by atoms with E-state index in [1.54, 1.807) is 0 Å². The summed E-state index contributed by atoms with van der Waals surface area (Å²) in [7, 11) is 4.29. The topological polar surface area (TPSA) is 37.9 Å². The van der Waals surface area contributed by atoms with Gasteiger partial charge in [-0.25, -0.2) is 0 Å². The summed E-state index contributed by atoms with van der Waals surface area (Å²) in [6.45, 7) is 9.37. The molecule has 0 saturated carbocycles. The molecule has 3 heterocycles. The smallest absolute Gasteiger partial charge is 0.0940 e. The molecule has 6 nitrogen and oxygen atoms in total. The van der Waals surface area contributed by atoms with Crippen LogP contribution in [0.1, 0.15) is 22.9 Å². The molecule has 9 aromatic rings. The van der Waals surface area contributed by atoms with Crippen molar-refractivity contribution in [3.63, 3.8) is 0 Å². The van der Waals surface area contributed by atoms with Crippen LogP contribution in [0.25, 0.3) is 44.4 Å². The minimum atomic E-state index is -0.281. The molecular formula is C62H48N6. The van der Waals surface area contributed by atoms with Gasteiger partial charge in [0.2, 0.25) is 0 Å². The first-order chi connectivity index (χ1) is 33.4. The van der Waals surface area contributed by atoms with Crippen molar-refractivity contribution in [2.75, 3.05) is 33.7 Å². The zero-order valence-electron chi connectivity index (χ0n) is 38.0. The van der Waals surface area contributed by atoms with E-state index < -0.39 is 0 Å². The lowest BCUT2D eigenvalue weighted by Gasteiger charge is -2.38. The van der Waals surface area contributed by atoms with Crippen LogP contribution in [-0.2, 0) is 0 Å². The summed E-state index contributed by atoms with van der Waals surface area (Å²) < 4.78 is 0. The van der Waals surface area contributed by atoms with Gasteiger partial charge < -0.3 is 24.9 Å². The molecule has 1 N–H and O–H groups in total. The molecule has 3 aliphatic rings. The second kappa shape index (κ2) is 16.5. The van der Waals surface area contributed by atoms with Crippen molar-refractivity contribution in [3.8, 4) is 11.1 Å². The first kappa shape index (κ1) is 40.6. The van der Waals surface area contributed by atoms with Crippen molar-refractivity contribution in [3.05, 3.63) is 248 Å². The molecule has 0 amide bonds. The number of benzene rings is 7. The zero-order valence-corrected chi connectivity index (χ0v) is 38.0. The summed E-state index contributed by atoms with van der Waals surface area (Å²) in [5, 5.41) is 8.33. The predicted octanol–water partition coefficient (Wildman–Crippen LogP) is 16.2. The summed E-state index contributed by atoms with van der Waals surface area (Å²) in [4.78, 5) is 14.2. The van der Waals surface area contributed by atoms with Crippen LogP contribution in [0.3, 0.4) is 0 Å². The van der Waals surface area contributed by atoms with Gasteiger partial charge in [0.05, 0.1) is 57.2 Å². The molecule has 0 radical (unpaired) electrons. The molecule has 0 fully saturated rings. The van der Waals surface area contributed by atoms with Crippen molar-refractivity contribution in [1.29, 1.82) is 0 Å². The maximum absolute atomic E-state index is 4.87. The number of nitrogens with zero attached hydrogens (tertiary/aromatic N) is 5. The zero-order chi connectivity index (χ0) is 45.9. The van der Waals surface area contributed by atoms with Crippen LogP contribution < -0.4 is 24.9 Å². The van der Waals surface area contributed by atoms with Crippen LogP contribution in [0.15, 0.2) is 231 Å². The molecular weight excluding hydrogens is 829 g/mol. The van der Waals surface area contributed by atoms with Gasteiger partial charge in [0.1, 0.15) is 0 Å². The number of hydrogen-bond acceptors (Lipinski definition) is 6. The average molecular weight is 877 g/mol. The molecule has 1 aromatic heterocycles. The summed E-state index contributed by atoms with van der Waals surface area (Å²) in [6.07, 6.45) is 6.02. The molecule has 326 valence electrons. The Kier molecular flexibility index (Phi) is 9.88. The van der Waals surface area contributed by atoms with E-state index in [0.717, 1.165) is 107 Å². The van der Waals surface area contributed by atoms with E-state index in [-0.39, 0.29) is 6.04 Å². The Balaban J connectivity index is 1.15. The van der Waals surface area contributed by atoms with Crippen LogP contribution in [0, 0.1) is 0 Å². The van der Waals surface area contributed by atoms with E-state index in [9.17, 15) is 0 Å². The molecule has 1 unspecified atom stereocenters. The number of anilines is 10. The molecule has 0 saturated heterocycles. The van der Waals surface area contributed by atoms with Gasteiger partial charge >= 0.3 is 0 Å². The number of aromatic nitrogens is 1. The van der Waals surface area contributed by atoms with Crippen molar-refractivity contribution in [2.24, 2.45) is 0 Å². The van der Waals surface area contributed by atoms with Crippen LogP contribution in [0.5, 0.6) is 0 Å². The van der Waals surface area contributed by atoms with E-state index in [1.165, 1.54) is 10.8 Å². The molecule has 2 aliphatic heterocycles. The Bertz CT molecular complexity index is 3530. The fourth-order valence-electron chi connectivity index (χ4n) is 10.3. The SMILES string of the molecule is C=C(NC1C(=C)C=Cc2cccnc21)c1ccc(N2c3ccccc3N(C)c3ccccc32)cccc(-c2ccc3ccccc3c2)c2cc(N3c4ccccc4N(C)c4ccccc43)ccc12. The minimum Gasteiger partial charge on any atom is -0.373 e. The Morgan fingerprint density at radius 2 is 1.04 bits per heavy atom. The predicted molar refractivity (Wildman–Crippen MR) is 287 cm³/mol. The second-order valence-corrected chi connectivity index (χ2v) is 17.6. The van der Waals surface area contributed by atoms with E-state index in [4.69, 9.17) is 11.6 Å². The third-order valence-corrected chi connectivity index (χ3v) is 13.7. The van der Waals surface area contributed by atoms with Crippen LogP contribution in [0.4, 0.5) is 56.9 Å². The summed E-state index contributed by atoms with van der Waals surface area (Å²) in [6, 6.07) is 71.8. The van der Waals surface area contributed by atoms with Gasteiger partial charge in [-0.05, 0) is 129 Å². The Morgan fingerprint density at radius 3 is 1.68 bits per heavy atom. The van der Waals surface area contributed by atoms with E-state index in [0.29, 0.717) is 0 Å². The standard InChI is InChI=1S/C62H48N6/c1-41-30-31-44-19-16-38-63-62(44)61(41)64-42(2)49-36-34-47(67-57-26-11-7-22-53(57)65(3)54-23-8-12-27-58(54)67)20-15-21-50(46-33-32-43-17-5-6-18-45(43)39-46)52-40-48(35-37-51(49)52)68-59-28-13-9-24-55(59)66(4)56-25-10-14-29-60(56)68/h5-40,61,64H,1-2H2,3-4H3. The van der Waals surface area contributed by atoms with Crippen molar-refractivity contribution in [2.45, 2.75) is 6.04 Å². The highest BCUT2D eigenvalue weighted by Crippen LogP contribution is 2.53. The lowest BCUT2D eigenvalue weighted by atomic mass is 9.92. The van der Waals surface area contributed by atoms with Gasteiger partial charge in [0.15, 0.2) is 0 Å². The van der Waals surface area contributed by atoms with Gasteiger partial charge in [-0.3, -0.25) is 4.98 Å².